The van der Waals surface area contributed by atoms with Crippen LogP contribution < -0.4 is 10.6 Å². The number of hydrogen-bond acceptors (Lipinski definition) is 1. The molecule has 0 saturated heterocycles. The molecule has 0 spiro atoms. The fourth-order valence-electron chi connectivity index (χ4n) is 2.70. The number of rotatable bonds is 5. The van der Waals surface area contributed by atoms with Gasteiger partial charge >= 0.3 is 6.03 Å². The second kappa shape index (κ2) is 7.88. The van der Waals surface area contributed by atoms with Gasteiger partial charge in [0, 0.05) is 13.1 Å². The van der Waals surface area contributed by atoms with E-state index in [0.29, 0.717) is 24.4 Å². The molecule has 1 aromatic carbocycles. The number of benzene rings is 1. The highest BCUT2D eigenvalue weighted by Crippen LogP contribution is 2.22. The number of nitrogens with one attached hydrogen (secondary N) is 2. The summed E-state index contributed by atoms with van der Waals surface area (Å²) in [6.45, 7) is 1.21. The van der Waals surface area contributed by atoms with E-state index in [1.165, 1.54) is 38.2 Å². The highest BCUT2D eigenvalue weighted by atomic mass is 19.1. The highest BCUT2D eigenvalue weighted by molar-refractivity contribution is 5.73. The molecule has 110 valence electrons. The molecule has 0 heterocycles. The Morgan fingerprint density at radius 1 is 1.15 bits per heavy atom. The third-order valence-electron chi connectivity index (χ3n) is 3.91. The molecule has 2 rings (SSSR count). The quantitative estimate of drug-likeness (QED) is 0.853. The molecule has 1 saturated carbocycles. The summed E-state index contributed by atoms with van der Waals surface area (Å²) < 4.78 is 13.4. The van der Waals surface area contributed by atoms with Crippen molar-refractivity contribution in [2.75, 3.05) is 13.1 Å². The van der Waals surface area contributed by atoms with Crippen molar-refractivity contribution in [2.24, 2.45) is 5.92 Å². The van der Waals surface area contributed by atoms with Gasteiger partial charge in [0.25, 0.3) is 0 Å². The fraction of sp³-hybridized carbons (Fsp3) is 0.562. The Kier molecular flexibility index (Phi) is 5.84. The van der Waals surface area contributed by atoms with Crippen LogP contribution in [0, 0.1) is 11.7 Å². The standard InChI is InChI=1S/C16H23FN2O/c17-15-9-5-4-8-14(15)10-11-18-16(20)19-12-13-6-2-1-3-7-13/h4-5,8-9,13H,1-3,6-7,10-12H2,(H2,18,19,20). The van der Waals surface area contributed by atoms with Crippen molar-refractivity contribution in [3.8, 4) is 0 Å². The zero-order valence-electron chi connectivity index (χ0n) is 11.8. The lowest BCUT2D eigenvalue weighted by atomic mass is 9.89. The molecule has 2 N–H and O–H groups in total. The minimum absolute atomic E-state index is 0.146. The van der Waals surface area contributed by atoms with Crippen LogP contribution in [0.5, 0.6) is 0 Å². The van der Waals surface area contributed by atoms with Crippen LogP contribution in [0.25, 0.3) is 0 Å². The summed E-state index contributed by atoms with van der Waals surface area (Å²) in [4.78, 5) is 11.6. The van der Waals surface area contributed by atoms with E-state index in [0.717, 1.165) is 6.54 Å². The van der Waals surface area contributed by atoms with Crippen molar-refractivity contribution in [3.05, 3.63) is 35.6 Å². The van der Waals surface area contributed by atoms with Crippen molar-refractivity contribution >= 4 is 6.03 Å². The highest BCUT2D eigenvalue weighted by Gasteiger charge is 2.13. The van der Waals surface area contributed by atoms with E-state index >= 15 is 0 Å². The van der Waals surface area contributed by atoms with Gasteiger partial charge in [-0.05, 0) is 36.8 Å². The van der Waals surface area contributed by atoms with Gasteiger partial charge in [0.1, 0.15) is 5.82 Å². The maximum Gasteiger partial charge on any atom is 0.314 e. The van der Waals surface area contributed by atoms with Crippen LogP contribution in [0.1, 0.15) is 37.7 Å². The van der Waals surface area contributed by atoms with Gasteiger partial charge in [0.15, 0.2) is 0 Å². The predicted molar refractivity (Wildman–Crippen MR) is 78.1 cm³/mol. The van der Waals surface area contributed by atoms with Gasteiger partial charge in [-0.3, -0.25) is 0 Å². The summed E-state index contributed by atoms with van der Waals surface area (Å²) in [5.74, 6) is 0.415. The topological polar surface area (TPSA) is 41.1 Å². The monoisotopic (exact) mass is 278 g/mol. The van der Waals surface area contributed by atoms with Crippen LogP contribution in [0.3, 0.4) is 0 Å². The summed E-state index contributed by atoms with van der Waals surface area (Å²) in [7, 11) is 0. The summed E-state index contributed by atoms with van der Waals surface area (Å²) in [6, 6.07) is 6.52. The minimum Gasteiger partial charge on any atom is -0.338 e. The summed E-state index contributed by atoms with van der Waals surface area (Å²) >= 11 is 0. The molecule has 4 heteroatoms. The van der Waals surface area contributed by atoms with Crippen molar-refractivity contribution in [2.45, 2.75) is 38.5 Å². The summed E-state index contributed by atoms with van der Waals surface area (Å²) in [6.07, 6.45) is 6.84. The van der Waals surface area contributed by atoms with E-state index in [-0.39, 0.29) is 11.8 Å². The van der Waals surface area contributed by atoms with E-state index in [1.54, 1.807) is 12.1 Å². The number of carbonyl (C=O) groups excluding carboxylic acids is 1. The molecule has 20 heavy (non-hydrogen) atoms. The normalized spacial score (nSPS) is 15.8. The van der Waals surface area contributed by atoms with Crippen LogP contribution in [-0.2, 0) is 6.42 Å². The molecule has 0 unspecified atom stereocenters. The predicted octanol–water partition coefficient (Wildman–Crippen LogP) is 3.25. The molecule has 0 atom stereocenters. The zero-order valence-corrected chi connectivity index (χ0v) is 11.8. The third-order valence-corrected chi connectivity index (χ3v) is 3.91. The number of halogens is 1. The van der Waals surface area contributed by atoms with Gasteiger partial charge in [-0.15, -0.1) is 0 Å². The van der Waals surface area contributed by atoms with Crippen molar-refractivity contribution < 1.29 is 9.18 Å². The molecule has 0 aromatic heterocycles. The van der Waals surface area contributed by atoms with Gasteiger partial charge < -0.3 is 10.6 Å². The second-order valence-corrected chi connectivity index (χ2v) is 5.48. The van der Waals surface area contributed by atoms with Gasteiger partial charge in [-0.1, -0.05) is 37.5 Å². The van der Waals surface area contributed by atoms with E-state index in [4.69, 9.17) is 0 Å². The molecule has 1 fully saturated rings. The lowest BCUT2D eigenvalue weighted by Crippen LogP contribution is -2.39. The molecule has 1 aliphatic rings. The lowest BCUT2D eigenvalue weighted by molar-refractivity contribution is 0.236. The average molecular weight is 278 g/mol. The average Bonchev–Trinajstić information content (AvgIpc) is 2.48. The fourth-order valence-corrected chi connectivity index (χ4v) is 2.70. The summed E-state index contributed by atoms with van der Waals surface area (Å²) in [5, 5.41) is 5.69. The van der Waals surface area contributed by atoms with Crippen molar-refractivity contribution in [3.63, 3.8) is 0 Å². The maximum atomic E-state index is 13.4. The largest absolute Gasteiger partial charge is 0.338 e. The molecular weight excluding hydrogens is 255 g/mol. The molecule has 1 aromatic rings. The van der Waals surface area contributed by atoms with E-state index < -0.39 is 0 Å². The van der Waals surface area contributed by atoms with Crippen molar-refractivity contribution in [1.29, 1.82) is 0 Å². The minimum atomic E-state index is -0.211. The zero-order chi connectivity index (χ0) is 14.2. The Bertz CT molecular complexity index is 430. The Morgan fingerprint density at radius 2 is 1.90 bits per heavy atom. The molecule has 1 aliphatic carbocycles. The van der Waals surface area contributed by atoms with E-state index in [2.05, 4.69) is 10.6 Å². The van der Waals surface area contributed by atoms with Crippen LogP contribution in [0.4, 0.5) is 9.18 Å². The van der Waals surface area contributed by atoms with Crippen molar-refractivity contribution in [1.82, 2.24) is 10.6 Å². The van der Waals surface area contributed by atoms with Crippen LogP contribution in [0.2, 0.25) is 0 Å². The third kappa shape index (κ3) is 4.83. The molecular formula is C16H23FN2O. The van der Waals surface area contributed by atoms with Crippen LogP contribution >= 0.6 is 0 Å². The smallest absolute Gasteiger partial charge is 0.314 e. The van der Waals surface area contributed by atoms with Gasteiger partial charge in [-0.2, -0.15) is 0 Å². The van der Waals surface area contributed by atoms with Gasteiger partial charge in [0.05, 0.1) is 0 Å². The number of carbonyl (C=O) groups is 1. The number of hydrogen-bond donors (Lipinski definition) is 2. The second-order valence-electron chi connectivity index (χ2n) is 5.48. The van der Waals surface area contributed by atoms with Gasteiger partial charge in [-0.25, -0.2) is 9.18 Å². The number of urea groups is 1. The Morgan fingerprint density at radius 3 is 2.65 bits per heavy atom. The number of amides is 2. The first kappa shape index (κ1) is 14.8. The molecule has 0 radical (unpaired) electrons. The first-order valence-electron chi connectivity index (χ1n) is 7.51. The molecule has 0 aliphatic heterocycles. The van der Waals surface area contributed by atoms with E-state index in [1.807, 2.05) is 6.07 Å². The summed E-state index contributed by atoms with van der Waals surface area (Å²) in [5.41, 5.74) is 0.639. The first-order chi connectivity index (χ1) is 9.75. The Labute approximate surface area is 120 Å². The van der Waals surface area contributed by atoms with Crippen LogP contribution in [-0.4, -0.2) is 19.1 Å². The van der Waals surface area contributed by atoms with Crippen LogP contribution in [0.15, 0.2) is 24.3 Å². The maximum absolute atomic E-state index is 13.4. The first-order valence-corrected chi connectivity index (χ1v) is 7.51. The lowest BCUT2D eigenvalue weighted by Gasteiger charge is -2.21. The van der Waals surface area contributed by atoms with Gasteiger partial charge in [0.2, 0.25) is 0 Å². The molecule has 0 bridgehead atoms. The molecule has 2 amide bonds. The SMILES string of the molecule is O=C(NCCc1ccccc1F)NCC1CCCCC1. The van der Waals surface area contributed by atoms with E-state index in [9.17, 15) is 9.18 Å². The Hall–Kier alpha value is -1.58. The molecule has 3 nitrogen and oxygen atoms in total. The Balaban J connectivity index is 1.61.